The Balaban J connectivity index is 1.87. The van der Waals surface area contributed by atoms with Crippen molar-refractivity contribution in [3.8, 4) is 5.75 Å². The van der Waals surface area contributed by atoms with E-state index in [1.165, 1.54) is 42.7 Å². The molecule has 28 heavy (non-hydrogen) atoms. The maximum Gasteiger partial charge on any atom is 0.416 e. The Labute approximate surface area is 157 Å². The Morgan fingerprint density at radius 2 is 1.79 bits per heavy atom. The number of hydrogen-bond acceptors (Lipinski definition) is 4. The Morgan fingerprint density at radius 1 is 1.04 bits per heavy atom. The molecule has 0 bridgehead atoms. The first-order chi connectivity index (χ1) is 13.3. The highest BCUT2D eigenvalue weighted by Crippen LogP contribution is 2.33. The fourth-order valence-electron chi connectivity index (χ4n) is 2.31. The summed E-state index contributed by atoms with van der Waals surface area (Å²) in [7, 11) is 0. The number of carbonyl (C=O) groups is 1. The van der Waals surface area contributed by atoms with E-state index >= 15 is 0 Å². The van der Waals surface area contributed by atoms with Crippen molar-refractivity contribution in [2.24, 2.45) is 0 Å². The molecule has 0 unspecified atom stereocenters. The van der Waals surface area contributed by atoms with Gasteiger partial charge in [0.1, 0.15) is 18.2 Å². The average molecular weight is 391 g/mol. The summed E-state index contributed by atoms with van der Waals surface area (Å²) in [4.78, 5) is 12.5. The fraction of sp³-hybridized carbons (Fsp3) is 0.105. The molecular weight excluding hydrogens is 378 g/mol. The van der Waals surface area contributed by atoms with Crippen molar-refractivity contribution in [3.05, 3.63) is 83.4 Å². The maximum absolute atomic E-state index is 13.1. The fourth-order valence-corrected chi connectivity index (χ4v) is 2.31. The minimum Gasteiger partial charge on any atom is -0.488 e. The molecule has 1 heterocycles. The van der Waals surface area contributed by atoms with Gasteiger partial charge in [-0.2, -0.15) is 23.4 Å². The predicted molar refractivity (Wildman–Crippen MR) is 92.2 cm³/mol. The number of ether oxygens (including phenoxy) is 1. The van der Waals surface area contributed by atoms with Crippen LogP contribution in [0.2, 0.25) is 0 Å². The van der Waals surface area contributed by atoms with Gasteiger partial charge in [-0.3, -0.25) is 4.79 Å². The number of benzene rings is 2. The quantitative estimate of drug-likeness (QED) is 0.652. The SMILES string of the molecule is O=C(Nc1ccnnc1)c1cc(C(F)(F)F)ccc1OCc1ccc(F)cc1. The molecule has 5 nitrogen and oxygen atoms in total. The van der Waals surface area contributed by atoms with E-state index in [0.29, 0.717) is 11.6 Å². The highest BCUT2D eigenvalue weighted by atomic mass is 19.4. The summed E-state index contributed by atoms with van der Waals surface area (Å²) < 4.78 is 57.6. The van der Waals surface area contributed by atoms with Crippen molar-refractivity contribution in [2.45, 2.75) is 12.8 Å². The number of alkyl halides is 3. The normalized spacial score (nSPS) is 11.1. The number of hydrogen-bond donors (Lipinski definition) is 1. The van der Waals surface area contributed by atoms with Crippen LogP contribution in [0.3, 0.4) is 0 Å². The van der Waals surface area contributed by atoms with E-state index in [-0.39, 0.29) is 23.6 Å². The van der Waals surface area contributed by atoms with Crippen molar-refractivity contribution < 1.29 is 27.1 Å². The van der Waals surface area contributed by atoms with Gasteiger partial charge in [-0.05, 0) is 42.0 Å². The number of halogens is 4. The predicted octanol–water partition coefficient (Wildman–Crippen LogP) is 4.47. The Hall–Kier alpha value is -3.49. The minimum absolute atomic E-state index is 0.0446. The zero-order chi connectivity index (χ0) is 20.1. The molecule has 1 N–H and O–H groups in total. The van der Waals surface area contributed by atoms with Gasteiger partial charge in [0.15, 0.2) is 0 Å². The van der Waals surface area contributed by atoms with E-state index in [1.807, 2.05) is 0 Å². The van der Waals surface area contributed by atoms with Gasteiger partial charge in [0.2, 0.25) is 0 Å². The first-order valence-corrected chi connectivity index (χ1v) is 7.99. The summed E-state index contributed by atoms with van der Waals surface area (Å²) in [6.45, 7) is -0.0528. The van der Waals surface area contributed by atoms with Crippen LogP contribution >= 0.6 is 0 Å². The van der Waals surface area contributed by atoms with Gasteiger partial charge in [-0.25, -0.2) is 4.39 Å². The topological polar surface area (TPSA) is 64.1 Å². The zero-order valence-electron chi connectivity index (χ0n) is 14.2. The molecule has 0 fully saturated rings. The molecule has 3 aromatic rings. The van der Waals surface area contributed by atoms with Crippen molar-refractivity contribution in [1.29, 1.82) is 0 Å². The van der Waals surface area contributed by atoms with E-state index in [2.05, 4.69) is 15.5 Å². The van der Waals surface area contributed by atoms with Gasteiger partial charge >= 0.3 is 6.18 Å². The highest BCUT2D eigenvalue weighted by Gasteiger charge is 2.32. The van der Waals surface area contributed by atoms with Crippen molar-refractivity contribution in [3.63, 3.8) is 0 Å². The van der Waals surface area contributed by atoms with E-state index in [4.69, 9.17) is 4.74 Å². The molecule has 0 saturated heterocycles. The molecule has 2 aromatic carbocycles. The largest absolute Gasteiger partial charge is 0.488 e. The molecule has 0 aliphatic rings. The molecule has 0 radical (unpaired) electrons. The van der Waals surface area contributed by atoms with Crippen molar-refractivity contribution in [1.82, 2.24) is 10.2 Å². The number of amides is 1. The Bertz CT molecular complexity index is 961. The summed E-state index contributed by atoms with van der Waals surface area (Å²) in [5, 5.41) is 9.59. The molecule has 9 heteroatoms. The van der Waals surface area contributed by atoms with Crippen LogP contribution in [0, 0.1) is 5.82 Å². The molecule has 0 aliphatic carbocycles. The van der Waals surface area contributed by atoms with Crippen LogP contribution in [0.25, 0.3) is 0 Å². The smallest absolute Gasteiger partial charge is 0.416 e. The zero-order valence-corrected chi connectivity index (χ0v) is 14.2. The van der Waals surface area contributed by atoms with Crippen molar-refractivity contribution in [2.75, 3.05) is 5.32 Å². The third kappa shape index (κ3) is 4.81. The molecule has 0 aliphatic heterocycles. The Morgan fingerprint density at radius 3 is 2.43 bits per heavy atom. The highest BCUT2D eigenvalue weighted by molar-refractivity contribution is 6.06. The van der Waals surface area contributed by atoms with Gasteiger partial charge in [0.05, 0.1) is 29.2 Å². The third-order valence-corrected chi connectivity index (χ3v) is 3.70. The van der Waals surface area contributed by atoms with Crippen LogP contribution in [0.4, 0.5) is 23.2 Å². The number of carbonyl (C=O) groups excluding carboxylic acids is 1. The molecule has 0 atom stereocenters. The van der Waals surface area contributed by atoms with Gasteiger partial charge in [-0.1, -0.05) is 12.1 Å². The molecular formula is C19H13F4N3O2. The standard InChI is InChI=1S/C19H13F4N3O2/c20-14-4-1-12(2-5-14)11-28-17-6-3-13(19(21,22)23)9-16(17)18(27)26-15-7-8-24-25-10-15/h1-10H,11H2,(H,24,26,27). The van der Waals surface area contributed by atoms with Crippen LogP contribution < -0.4 is 10.1 Å². The van der Waals surface area contributed by atoms with Gasteiger partial charge in [0.25, 0.3) is 5.91 Å². The maximum atomic E-state index is 13.1. The minimum atomic E-state index is -4.62. The molecule has 0 spiro atoms. The van der Waals surface area contributed by atoms with Crippen molar-refractivity contribution >= 4 is 11.6 Å². The first kappa shape index (κ1) is 19.3. The van der Waals surface area contributed by atoms with Crippen LogP contribution in [0.1, 0.15) is 21.5 Å². The van der Waals surface area contributed by atoms with Gasteiger partial charge in [0, 0.05) is 0 Å². The second kappa shape index (κ2) is 8.03. The summed E-state index contributed by atoms with van der Waals surface area (Å²) in [6.07, 6.45) is -2.04. The second-order valence-electron chi connectivity index (χ2n) is 5.71. The van der Waals surface area contributed by atoms with E-state index in [0.717, 1.165) is 12.1 Å². The van der Waals surface area contributed by atoms with Crippen LogP contribution in [0.5, 0.6) is 5.75 Å². The summed E-state index contributed by atoms with van der Waals surface area (Å²) in [5.41, 5.74) is -0.429. The lowest BCUT2D eigenvalue weighted by Crippen LogP contribution is -2.16. The van der Waals surface area contributed by atoms with Gasteiger partial charge in [-0.15, -0.1) is 0 Å². The number of rotatable bonds is 5. The lowest BCUT2D eigenvalue weighted by Gasteiger charge is -2.14. The molecule has 0 saturated carbocycles. The van der Waals surface area contributed by atoms with Crippen LogP contribution in [0.15, 0.2) is 60.9 Å². The van der Waals surface area contributed by atoms with E-state index < -0.39 is 23.5 Å². The summed E-state index contributed by atoms with van der Waals surface area (Å²) in [6, 6.07) is 9.47. The van der Waals surface area contributed by atoms with E-state index in [1.54, 1.807) is 0 Å². The number of nitrogens with zero attached hydrogens (tertiary/aromatic N) is 2. The molecule has 3 rings (SSSR count). The first-order valence-electron chi connectivity index (χ1n) is 7.99. The average Bonchev–Trinajstić information content (AvgIpc) is 2.67. The third-order valence-electron chi connectivity index (χ3n) is 3.70. The van der Waals surface area contributed by atoms with Crippen LogP contribution in [-0.2, 0) is 12.8 Å². The molecule has 144 valence electrons. The number of anilines is 1. The Kier molecular flexibility index (Phi) is 5.53. The lowest BCUT2D eigenvalue weighted by molar-refractivity contribution is -0.137. The molecule has 1 amide bonds. The number of aromatic nitrogens is 2. The molecule has 1 aromatic heterocycles. The van der Waals surface area contributed by atoms with Gasteiger partial charge < -0.3 is 10.1 Å². The number of nitrogens with one attached hydrogen (secondary N) is 1. The second-order valence-corrected chi connectivity index (χ2v) is 5.71. The van der Waals surface area contributed by atoms with Crippen LogP contribution in [-0.4, -0.2) is 16.1 Å². The lowest BCUT2D eigenvalue weighted by atomic mass is 10.1. The monoisotopic (exact) mass is 391 g/mol. The van der Waals surface area contributed by atoms with E-state index in [9.17, 15) is 22.4 Å². The summed E-state index contributed by atoms with van der Waals surface area (Å²) >= 11 is 0. The summed E-state index contributed by atoms with van der Waals surface area (Å²) in [5.74, 6) is -1.27.